The summed E-state index contributed by atoms with van der Waals surface area (Å²) in [7, 11) is 0. The van der Waals surface area contributed by atoms with Gasteiger partial charge in [0.25, 0.3) is 0 Å². The first-order chi connectivity index (χ1) is 14.3. The van der Waals surface area contributed by atoms with Crippen molar-refractivity contribution in [2.24, 2.45) is 0 Å². The number of nitrogens with one attached hydrogen (secondary N) is 1. The standard InChI is InChI=1S/C20H12F3N3O2S2/c21-20(22,23)13-5-1-12(2-6-13)17-25-15(9-29-17)11-3-7-14(8-4-11)24-19-26-16(10-30-19)18(27)28/h1-10H,(H,24,26)(H,27,28). The molecule has 2 N–H and O–H groups in total. The Morgan fingerprint density at radius 1 is 0.900 bits per heavy atom. The van der Waals surface area contributed by atoms with E-state index in [4.69, 9.17) is 5.11 Å². The van der Waals surface area contributed by atoms with E-state index in [0.717, 1.165) is 23.4 Å². The molecule has 0 saturated carbocycles. The molecule has 0 unspecified atom stereocenters. The van der Waals surface area contributed by atoms with Crippen LogP contribution < -0.4 is 5.32 Å². The normalized spacial score (nSPS) is 11.4. The summed E-state index contributed by atoms with van der Waals surface area (Å²) in [5, 5.41) is 16.4. The van der Waals surface area contributed by atoms with Crippen molar-refractivity contribution in [3.63, 3.8) is 0 Å². The van der Waals surface area contributed by atoms with Gasteiger partial charge in [-0.1, -0.05) is 24.3 Å². The number of aromatic nitrogens is 2. The molecule has 2 aromatic carbocycles. The van der Waals surface area contributed by atoms with E-state index in [1.54, 1.807) is 0 Å². The first kappa shape index (κ1) is 20.0. The zero-order valence-corrected chi connectivity index (χ0v) is 16.6. The van der Waals surface area contributed by atoms with Gasteiger partial charge in [0.1, 0.15) is 5.01 Å². The van der Waals surface area contributed by atoms with Crippen LogP contribution in [0.15, 0.2) is 59.3 Å². The fraction of sp³-hybridized carbons (Fsp3) is 0.0500. The second-order valence-corrected chi connectivity index (χ2v) is 7.87. The average Bonchev–Trinajstić information content (AvgIpc) is 3.38. The molecular formula is C20H12F3N3O2S2. The van der Waals surface area contributed by atoms with Crippen LogP contribution in [0.3, 0.4) is 0 Å². The molecule has 0 atom stereocenters. The summed E-state index contributed by atoms with van der Waals surface area (Å²) in [4.78, 5) is 19.4. The number of halogens is 3. The van der Waals surface area contributed by atoms with Crippen LogP contribution in [0.5, 0.6) is 0 Å². The van der Waals surface area contributed by atoms with Crippen molar-refractivity contribution in [3.8, 4) is 21.8 Å². The van der Waals surface area contributed by atoms with Gasteiger partial charge < -0.3 is 10.4 Å². The van der Waals surface area contributed by atoms with Gasteiger partial charge in [0, 0.05) is 27.6 Å². The molecule has 4 rings (SSSR count). The van der Waals surface area contributed by atoms with Crippen molar-refractivity contribution in [2.75, 3.05) is 5.32 Å². The quantitative estimate of drug-likeness (QED) is 0.371. The summed E-state index contributed by atoms with van der Waals surface area (Å²) in [6.45, 7) is 0. The largest absolute Gasteiger partial charge is 0.476 e. The van der Waals surface area contributed by atoms with Gasteiger partial charge in [-0.05, 0) is 24.3 Å². The lowest BCUT2D eigenvalue weighted by molar-refractivity contribution is -0.137. The number of anilines is 2. The molecule has 30 heavy (non-hydrogen) atoms. The van der Waals surface area contributed by atoms with Gasteiger partial charge in [-0.25, -0.2) is 14.8 Å². The van der Waals surface area contributed by atoms with Gasteiger partial charge >= 0.3 is 12.1 Å². The number of carboxylic acids is 1. The highest BCUT2D eigenvalue weighted by atomic mass is 32.1. The monoisotopic (exact) mass is 447 g/mol. The number of rotatable bonds is 5. The SMILES string of the molecule is O=C(O)c1csc(Nc2ccc(-c3csc(-c4ccc(C(F)(F)F)cc4)n3)cc2)n1. The lowest BCUT2D eigenvalue weighted by Crippen LogP contribution is -2.03. The van der Waals surface area contributed by atoms with E-state index in [1.165, 1.54) is 40.2 Å². The first-order valence-electron chi connectivity index (χ1n) is 8.49. The Hall–Kier alpha value is -3.24. The third-order valence-electron chi connectivity index (χ3n) is 4.12. The molecule has 0 saturated heterocycles. The maximum atomic E-state index is 12.7. The first-order valence-corrected chi connectivity index (χ1v) is 10.2. The van der Waals surface area contributed by atoms with E-state index in [1.807, 2.05) is 29.6 Å². The molecule has 0 aliphatic rings. The summed E-state index contributed by atoms with van der Waals surface area (Å²) in [5.74, 6) is -1.08. The molecule has 0 radical (unpaired) electrons. The highest BCUT2D eigenvalue weighted by Gasteiger charge is 2.30. The lowest BCUT2D eigenvalue weighted by Gasteiger charge is -2.06. The van der Waals surface area contributed by atoms with Gasteiger partial charge in [0.15, 0.2) is 10.8 Å². The van der Waals surface area contributed by atoms with Crippen LogP contribution in [0.1, 0.15) is 16.1 Å². The van der Waals surface area contributed by atoms with E-state index in [9.17, 15) is 18.0 Å². The Morgan fingerprint density at radius 3 is 2.17 bits per heavy atom. The molecule has 0 fully saturated rings. The summed E-state index contributed by atoms with van der Waals surface area (Å²) in [6, 6.07) is 12.2. The number of benzene rings is 2. The number of alkyl halides is 3. The van der Waals surface area contributed by atoms with E-state index in [-0.39, 0.29) is 5.69 Å². The molecule has 10 heteroatoms. The van der Waals surface area contributed by atoms with Crippen LogP contribution in [-0.2, 0) is 6.18 Å². The molecule has 0 aliphatic carbocycles. The fourth-order valence-electron chi connectivity index (χ4n) is 2.62. The Bertz CT molecular complexity index is 1180. The molecule has 2 heterocycles. The molecule has 152 valence electrons. The van der Waals surface area contributed by atoms with Crippen molar-refractivity contribution in [1.29, 1.82) is 0 Å². The maximum absolute atomic E-state index is 12.7. The van der Waals surface area contributed by atoms with Crippen LogP contribution in [0.4, 0.5) is 24.0 Å². The summed E-state index contributed by atoms with van der Waals surface area (Å²) >= 11 is 2.54. The predicted octanol–water partition coefficient (Wildman–Crippen LogP) is 6.39. The Balaban J connectivity index is 1.48. The van der Waals surface area contributed by atoms with Crippen molar-refractivity contribution in [1.82, 2.24) is 9.97 Å². The number of carboxylic acid groups (broad SMARTS) is 1. The molecule has 0 amide bonds. The number of nitrogens with zero attached hydrogens (tertiary/aromatic N) is 2. The highest BCUT2D eigenvalue weighted by Crippen LogP contribution is 2.33. The minimum Gasteiger partial charge on any atom is -0.476 e. The Morgan fingerprint density at radius 2 is 1.57 bits per heavy atom. The maximum Gasteiger partial charge on any atom is 0.416 e. The smallest absolute Gasteiger partial charge is 0.416 e. The molecule has 2 aromatic heterocycles. The molecule has 4 aromatic rings. The minimum absolute atomic E-state index is 0.0163. The van der Waals surface area contributed by atoms with Gasteiger partial charge in [-0.2, -0.15) is 13.2 Å². The minimum atomic E-state index is -4.36. The number of aromatic carboxylic acids is 1. The highest BCUT2D eigenvalue weighted by molar-refractivity contribution is 7.14. The number of thiazole rings is 2. The third kappa shape index (κ3) is 4.34. The Labute approximate surface area is 176 Å². The van der Waals surface area contributed by atoms with E-state index in [0.29, 0.717) is 21.4 Å². The predicted molar refractivity (Wildman–Crippen MR) is 110 cm³/mol. The average molecular weight is 447 g/mol. The van der Waals surface area contributed by atoms with Crippen LogP contribution >= 0.6 is 22.7 Å². The zero-order chi connectivity index (χ0) is 21.3. The van der Waals surface area contributed by atoms with Gasteiger partial charge in [0.05, 0.1) is 11.3 Å². The second-order valence-electron chi connectivity index (χ2n) is 6.16. The number of hydrogen-bond acceptors (Lipinski definition) is 6. The zero-order valence-electron chi connectivity index (χ0n) is 15.0. The van der Waals surface area contributed by atoms with Crippen LogP contribution in [0.2, 0.25) is 0 Å². The number of hydrogen-bond donors (Lipinski definition) is 2. The van der Waals surface area contributed by atoms with E-state index >= 15 is 0 Å². The van der Waals surface area contributed by atoms with Gasteiger partial charge in [-0.15, -0.1) is 22.7 Å². The molecule has 5 nitrogen and oxygen atoms in total. The molecule has 0 bridgehead atoms. The van der Waals surface area contributed by atoms with Crippen molar-refractivity contribution in [3.05, 3.63) is 70.5 Å². The third-order valence-corrected chi connectivity index (χ3v) is 5.77. The van der Waals surface area contributed by atoms with E-state index in [2.05, 4.69) is 15.3 Å². The summed E-state index contributed by atoms with van der Waals surface area (Å²) in [6.07, 6.45) is -4.36. The molecule has 0 aliphatic heterocycles. The van der Waals surface area contributed by atoms with Crippen molar-refractivity contribution >= 4 is 39.5 Å². The van der Waals surface area contributed by atoms with Crippen molar-refractivity contribution < 1.29 is 23.1 Å². The van der Waals surface area contributed by atoms with Crippen LogP contribution in [0, 0.1) is 0 Å². The van der Waals surface area contributed by atoms with Gasteiger partial charge in [-0.3, -0.25) is 0 Å². The molecular weight excluding hydrogens is 435 g/mol. The van der Waals surface area contributed by atoms with Gasteiger partial charge in [0.2, 0.25) is 0 Å². The Kier molecular flexibility index (Phi) is 5.27. The topological polar surface area (TPSA) is 75.1 Å². The van der Waals surface area contributed by atoms with E-state index < -0.39 is 17.7 Å². The summed E-state index contributed by atoms with van der Waals surface area (Å²) < 4.78 is 38.1. The lowest BCUT2D eigenvalue weighted by atomic mass is 10.1. The number of carbonyl (C=O) groups is 1. The van der Waals surface area contributed by atoms with Crippen LogP contribution in [0.25, 0.3) is 21.8 Å². The fourth-order valence-corrected chi connectivity index (χ4v) is 4.16. The van der Waals surface area contributed by atoms with Crippen LogP contribution in [-0.4, -0.2) is 21.0 Å². The second kappa shape index (κ2) is 7.88. The van der Waals surface area contributed by atoms with Crippen molar-refractivity contribution in [2.45, 2.75) is 6.18 Å². The molecule has 0 spiro atoms. The summed E-state index contributed by atoms with van der Waals surface area (Å²) in [5.41, 5.74) is 2.21.